The molecule has 3 fully saturated rings. The minimum atomic E-state index is 0.597. The van der Waals surface area contributed by atoms with Crippen molar-refractivity contribution < 1.29 is 4.74 Å². The number of ether oxygens (including phenoxy) is 1. The molecule has 15 heavy (non-hydrogen) atoms. The van der Waals surface area contributed by atoms with Gasteiger partial charge in [-0.2, -0.15) is 0 Å². The van der Waals surface area contributed by atoms with Crippen LogP contribution in [0.4, 0.5) is 0 Å². The smallest absolute Gasteiger partial charge is 0.0679 e. The fourth-order valence-electron chi connectivity index (χ4n) is 5.20. The first kappa shape index (κ1) is 7.67. The average molecular weight is 200 g/mol. The Bertz CT molecular complexity index is 347. The van der Waals surface area contributed by atoms with E-state index in [1.165, 1.54) is 12.8 Å². The Balaban J connectivity index is 1.61. The third-order valence-electron chi connectivity index (χ3n) is 5.65. The molecule has 8 atom stereocenters. The second kappa shape index (κ2) is 2.24. The van der Waals surface area contributed by atoms with E-state index in [0.717, 1.165) is 35.5 Å². The fourth-order valence-corrected chi connectivity index (χ4v) is 5.20. The first-order valence-electron chi connectivity index (χ1n) is 6.44. The zero-order chi connectivity index (χ0) is 9.57. The summed E-state index contributed by atoms with van der Waals surface area (Å²) in [6, 6.07) is 0. The van der Waals surface area contributed by atoms with Crippen LogP contribution in [0.2, 0.25) is 0 Å². The molecule has 0 amide bonds. The summed E-state index contributed by atoms with van der Waals surface area (Å²) in [4.78, 5) is 0. The van der Waals surface area contributed by atoms with E-state index in [-0.39, 0.29) is 0 Å². The standard InChI is InChI=1S/C14H16O/c1-3-9-5-7(1)11-12-8-2-4-10(6-8)14(12)15-13(9)11/h1-4,7-14H,5-6H2/t7-,8+,9+,10-,11-,12-,13-,14-/m1/s1. The third kappa shape index (κ3) is 0.720. The van der Waals surface area contributed by atoms with Crippen LogP contribution in [0.3, 0.4) is 0 Å². The Morgan fingerprint density at radius 2 is 1.13 bits per heavy atom. The summed E-state index contributed by atoms with van der Waals surface area (Å²) >= 11 is 0. The molecule has 2 saturated carbocycles. The van der Waals surface area contributed by atoms with Crippen molar-refractivity contribution >= 4 is 0 Å². The summed E-state index contributed by atoms with van der Waals surface area (Å²) in [6.07, 6.45) is 13.8. The van der Waals surface area contributed by atoms with Crippen LogP contribution in [0.25, 0.3) is 0 Å². The maximum absolute atomic E-state index is 6.37. The van der Waals surface area contributed by atoms with Gasteiger partial charge < -0.3 is 4.74 Å². The molecule has 0 aromatic heterocycles. The van der Waals surface area contributed by atoms with E-state index < -0.39 is 0 Å². The lowest BCUT2D eigenvalue weighted by Crippen LogP contribution is -2.28. The second-order valence-electron chi connectivity index (χ2n) is 6.12. The van der Waals surface area contributed by atoms with Crippen LogP contribution in [0.1, 0.15) is 12.8 Å². The van der Waals surface area contributed by atoms with Crippen molar-refractivity contribution in [2.45, 2.75) is 25.0 Å². The van der Waals surface area contributed by atoms with Gasteiger partial charge in [0.1, 0.15) is 0 Å². The van der Waals surface area contributed by atoms with Gasteiger partial charge in [-0.05, 0) is 36.5 Å². The van der Waals surface area contributed by atoms with Crippen LogP contribution < -0.4 is 0 Å². The first-order chi connectivity index (χ1) is 7.42. The molecule has 5 rings (SSSR count). The van der Waals surface area contributed by atoms with Gasteiger partial charge in [0, 0.05) is 11.8 Å². The molecule has 1 nitrogen and oxygen atoms in total. The van der Waals surface area contributed by atoms with Gasteiger partial charge in [0.25, 0.3) is 0 Å². The van der Waals surface area contributed by atoms with E-state index in [9.17, 15) is 0 Å². The van der Waals surface area contributed by atoms with E-state index in [2.05, 4.69) is 24.3 Å². The zero-order valence-electron chi connectivity index (χ0n) is 8.75. The highest BCUT2D eigenvalue weighted by Crippen LogP contribution is 2.62. The molecule has 0 aromatic carbocycles. The Labute approximate surface area is 90.2 Å². The van der Waals surface area contributed by atoms with Gasteiger partial charge in [-0.1, -0.05) is 24.3 Å². The van der Waals surface area contributed by atoms with Gasteiger partial charge in [0.2, 0.25) is 0 Å². The Kier molecular flexibility index (Phi) is 1.15. The largest absolute Gasteiger partial charge is 0.373 e. The Morgan fingerprint density at radius 3 is 1.67 bits per heavy atom. The van der Waals surface area contributed by atoms with E-state index in [0.29, 0.717) is 12.2 Å². The molecule has 1 heteroatoms. The molecule has 0 N–H and O–H groups in total. The van der Waals surface area contributed by atoms with Crippen molar-refractivity contribution in [1.82, 2.24) is 0 Å². The van der Waals surface area contributed by atoms with Crippen LogP contribution in [-0.4, -0.2) is 12.2 Å². The monoisotopic (exact) mass is 200 g/mol. The van der Waals surface area contributed by atoms with Gasteiger partial charge in [-0.3, -0.25) is 0 Å². The highest BCUT2D eigenvalue weighted by molar-refractivity contribution is 5.25. The molecule has 1 saturated heterocycles. The van der Waals surface area contributed by atoms with Crippen molar-refractivity contribution in [3.63, 3.8) is 0 Å². The lowest BCUT2D eigenvalue weighted by Gasteiger charge is -2.26. The Morgan fingerprint density at radius 1 is 0.667 bits per heavy atom. The molecule has 0 aromatic rings. The summed E-state index contributed by atoms with van der Waals surface area (Å²) in [7, 11) is 0. The predicted molar refractivity (Wildman–Crippen MR) is 57.1 cm³/mol. The topological polar surface area (TPSA) is 9.23 Å². The molecule has 4 aliphatic carbocycles. The quantitative estimate of drug-likeness (QED) is 0.546. The maximum Gasteiger partial charge on any atom is 0.0679 e. The average Bonchev–Trinajstić information content (AvgIpc) is 3.02. The summed E-state index contributed by atoms with van der Waals surface area (Å²) in [5.41, 5.74) is 0. The van der Waals surface area contributed by atoms with Crippen LogP contribution in [0.15, 0.2) is 24.3 Å². The molecule has 1 heterocycles. The van der Waals surface area contributed by atoms with Gasteiger partial charge in [0.05, 0.1) is 12.2 Å². The molecular weight excluding hydrogens is 184 g/mol. The maximum atomic E-state index is 6.37. The van der Waals surface area contributed by atoms with Crippen LogP contribution in [-0.2, 0) is 4.74 Å². The summed E-state index contributed by atoms with van der Waals surface area (Å²) in [5, 5.41) is 0. The number of hydrogen-bond acceptors (Lipinski definition) is 1. The molecule has 0 radical (unpaired) electrons. The van der Waals surface area contributed by atoms with E-state index in [4.69, 9.17) is 4.74 Å². The number of rotatable bonds is 0. The minimum Gasteiger partial charge on any atom is -0.373 e. The molecule has 0 unspecified atom stereocenters. The van der Waals surface area contributed by atoms with Crippen molar-refractivity contribution in [1.29, 1.82) is 0 Å². The van der Waals surface area contributed by atoms with Gasteiger partial charge in [0.15, 0.2) is 0 Å². The highest BCUT2D eigenvalue weighted by Gasteiger charge is 2.62. The predicted octanol–water partition coefficient (Wildman–Crippen LogP) is 2.40. The molecular formula is C14H16O. The molecule has 5 aliphatic rings. The SMILES string of the molecule is C1=C[C@H]2C[C@@H]1[C@H]1O[C@H]3[C@@H]([C@H]12)[C@@H]1C=C[C@H]3C1. The van der Waals surface area contributed by atoms with Crippen molar-refractivity contribution in [2.24, 2.45) is 35.5 Å². The summed E-state index contributed by atoms with van der Waals surface area (Å²) < 4.78 is 6.37. The summed E-state index contributed by atoms with van der Waals surface area (Å²) in [5.74, 6) is 5.02. The first-order valence-corrected chi connectivity index (χ1v) is 6.44. The summed E-state index contributed by atoms with van der Waals surface area (Å²) in [6.45, 7) is 0. The normalized spacial score (nSPS) is 66.7. The van der Waals surface area contributed by atoms with Crippen molar-refractivity contribution in [2.75, 3.05) is 0 Å². The molecule has 78 valence electrons. The lowest BCUT2D eigenvalue weighted by atomic mass is 9.75. The molecule has 0 spiro atoms. The van der Waals surface area contributed by atoms with Crippen molar-refractivity contribution in [3.8, 4) is 0 Å². The molecule has 1 aliphatic heterocycles. The number of fused-ring (bicyclic) bond motifs is 11. The van der Waals surface area contributed by atoms with E-state index in [1.807, 2.05) is 0 Å². The molecule has 4 bridgehead atoms. The van der Waals surface area contributed by atoms with Gasteiger partial charge >= 0.3 is 0 Å². The fraction of sp³-hybridized carbons (Fsp3) is 0.714. The second-order valence-corrected chi connectivity index (χ2v) is 6.12. The zero-order valence-corrected chi connectivity index (χ0v) is 8.75. The van der Waals surface area contributed by atoms with Crippen LogP contribution >= 0.6 is 0 Å². The van der Waals surface area contributed by atoms with E-state index >= 15 is 0 Å². The number of hydrogen-bond donors (Lipinski definition) is 0. The third-order valence-corrected chi connectivity index (χ3v) is 5.65. The van der Waals surface area contributed by atoms with E-state index in [1.54, 1.807) is 0 Å². The van der Waals surface area contributed by atoms with Crippen molar-refractivity contribution in [3.05, 3.63) is 24.3 Å². The lowest BCUT2D eigenvalue weighted by molar-refractivity contribution is 0.00530. The Hall–Kier alpha value is -0.560. The number of allylic oxidation sites excluding steroid dienone is 2. The minimum absolute atomic E-state index is 0.597. The van der Waals surface area contributed by atoms with Crippen LogP contribution in [0.5, 0.6) is 0 Å². The van der Waals surface area contributed by atoms with Gasteiger partial charge in [-0.25, -0.2) is 0 Å². The van der Waals surface area contributed by atoms with Gasteiger partial charge in [-0.15, -0.1) is 0 Å². The highest BCUT2D eigenvalue weighted by atomic mass is 16.5. The van der Waals surface area contributed by atoms with Crippen LogP contribution in [0, 0.1) is 35.5 Å².